The smallest absolute Gasteiger partial charge is 0.309 e. The number of aryl methyl sites for hydroxylation is 2. The maximum absolute atomic E-state index is 13.1. The van der Waals surface area contributed by atoms with Crippen LogP contribution in [0.15, 0.2) is 24.3 Å². The van der Waals surface area contributed by atoms with Gasteiger partial charge in [0.25, 0.3) is 5.91 Å². The molecule has 1 aliphatic rings. The third-order valence-corrected chi connectivity index (χ3v) is 4.72. The summed E-state index contributed by atoms with van der Waals surface area (Å²) in [6.07, 6.45) is 1.32. The van der Waals surface area contributed by atoms with Crippen LogP contribution in [0.5, 0.6) is 0 Å². The van der Waals surface area contributed by atoms with E-state index in [1.54, 1.807) is 0 Å². The van der Waals surface area contributed by atoms with Crippen molar-refractivity contribution < 1.29 is 14.3 Å². The van der Waals surface area contributed by atoms with Gasteiger partial charge in [0.2, 0.25) is 0 Å². The number of carbonyl (C=O) groups is 2. The molecule has 5 nitrogen and oxygen atoms in total. The summed E-state index contributed by atoms with van der Waals surface area (Å²) < 4.78 is 5.10. The lowest BCUT2D eigenvalue weighted by Gasteiger charge is -2.31. The molecular weight excluding hydrogens is 316 g/mol. The summed E-state index contributed by atoms with van der Waals surface area (Å²) in [6, 6.07) is 7.84. The first-order valence-electron chi connectivity index (χ1n) is 8.83. The average molecular weight is 340 g/mol. The highest BCUT2D eigenvalue weighted by Gasteiger charge is 2.29. The summed E-state index contributed by atoms with van der Waals surface area (Å²) in [4.78, 5) is 31.3. The van der Waals surface area contributed by atoms with E-state index >= 15 is 0 Å². The molecule has 2 aromatic rings. The molecule has 0 radical (unpaired) electrons. The van der Waals surface area contributed by atoms with E-state index in [2.05, 4.69) is 4.98 Å². The van der Waals surface area contributed by atoms with Gasteiger partial charge in [-0.15, -0.1) is 0 Å². The van der Waals surface area contributed by atoms with Gasteiger partial charge in [-0.25, -0.2) is 0 Å². The number of pyridine rings is 1. The van der Waals surface area contributed by atoms with Crippen molar-refractivity contribution >= 4 is 22.8 Å². The Kier molecular flexibility index (Phi) is 5.02. The number of rotatable bonds is 3. The van der Waals surface area contributed by atoms with E-state index in [0.717, 1.165) is 22.2 Å². The number of aromatic nitrogens is 1. The summed E-state index contributed by atoms with van der Waals surface area (Å²) >= 11 is 0. The second-order valence-corrected chi connectivity index (χ2v) is 6.65. The molecule has 25 heavy (non-hydrogen) atoms. The van der Waals surface area contributed by atoms with Crippen LogP contribution in [0.2, 0.25) is 0 Å². The second-order valence-electron chi connectivity index (χ2n) is 6.65. The van der Waals surface area contributed by atoms with Crippen LogP contribution in [0.4, 0.5) is 0 Å². The summed E-state index contributed by atoms with van der Waals surface area (Å²) in [5.74, 6) is -0.221. The Hall–Kier alpha value is -2.43. The van der Waals surface area contributed by atoms with Crippen LogP contribution in [-0.4, -0.2) is 41.5 Å². The van der Waals surface area contributed by atoms with Gasteiger partial charge in [-0.3, -0.25) is 14.6 Å². The molecule has 0 aliphatic carbocycles. The van der Waals surface area contributed by atoms with E-state index in [0.29, 0.717) is 38.1 Å². The molecule has 0 bridgehead atoms. The lowest BCUT2D eigenvalue weighted by Crippen LogP contribution is -2.40. The number of amides is 1. The summed E-state index contributed by atoms with van der Waals surface area (Å²) in [5, 5.41) is 0.892. The lowest BCUT2D eigenvalue weighted by atomic mass is 9.96. The molecule has 132 valence electrons. The Morgan fingerprint density at radius 1 is 1.20 bits per heavy atom. The lowest BCUT2D eigenvalue weighted by molar-refractivity contribution is -0.149. The number of esters is 1. The van der Waals surface area contributed by atoms with E-state index in [4.69, 9.17) is 4.74 Å². The van der Waals surface area contributed by atoms with Gasteiger partial charge in [0, 0.05) is 24.2 Å². The number of likely N-dealkylation sites (tertiary alicyclic amines) is 1. The van der Waals surface area contributed by atoms with Crippen LogP contribution >= 0.6 is 0 Å². The van der Waals surface area contributed by atoms with Crippen molar-refractivity contribution in [1.29, 1.82) is 0 Å². The first-order chi connectivity index (χ1) is 12.0. The second kappa shape index (κ2) is 7.21. The number of carbonyl (C=O) groups excluding carboxylic acids is 2. The van der Waals surface area contributed by atoms with Crippen LogP contribution in [0, 0.1) is 19.8 Å². The van der Waals surface area contributed by atoms with Gasteiger partial charge >= 0.3 is 5.97 Å². The fourth-order valence-electron chi connectivity index (χ4n) is 3.40. The first kappa shape index (κ1) is 17.4. The zero-order valence-electron chi connectivity index (χ0n) is 15.0. The largest absolute Gasteiger partial charge is 0.466 e. The summed E-state index contributed by atoms with van der Waals surface area (Å²) in [7, 11) is 0. The maximum Gasteiger partial charge on any atom is 0.309 e. The molecule has 0 unspecified atom stereocenters. The van der Waals surface area contributed by atoms with Crippen LogP contribution in [0.25, 0.3) is 10.9 Å². The van der Waals surface area contributed by atoms with Gasteiger partial charge in [-0.1, -0.05) is 11.6 Å². The Balaban J connectivity index is 1.81. The molecule has 1 fully saturated rings. The molecule has 0 spiro atoms. The highest BCUT2D eigenvalue weighted by atomic mass is 16.5. The van der Waals surface area contributed by atoms with Crippen molar-refractivity contribution in [2.45, 2.75) is 33.6 Å². The van der Waals surface area contributed by atoms with E-state index in [-0.39, 0.29) is 17.8 Å². The number of piperidine rings is 1. The highest BCUT2D eigenvalue weighted by Crippen LogP contribution is 2.25. The fourth-order valence-corrected chi connectivity index (χ4v) is 3.40. The number of nitrogens with zero attached hydrogens (tertiary/aromatic N) is 2. The van der Waals surface area contributed by atoms with Crippen LogP contribution < -0.4 is 0 Å². The van der Waals surface area contributed by atoms with Gasteiger partial charge in [-0.05, 0) is 51.8 Å². The van der Waals surface area contributed by atoms with Gasteiger partial charge < -0.3 is 9.64 Å². The van der Waals surface area contributed by atoms with Crippen LogP contribution in [0.3, 0.4) is 0 Å². The minimum absolute atomic E-state index is 0.0170. The first-order valence-corrected chi connectivity index (χ1v) is 8.83. The standard InChI is InChI=1S/C20H24N2O3/c1-4-25-20(24)15-7-9-22(10-8-15)19(23)17-12-14(3)21-18-6-5-13(2)11-16(17)18/h5-6,11-12,15H,4,7-10H2,1-3H3. The minimum Gasteiger partial charge on any atom is -0.466 e. The highest BCUT2D eigenvalue weighted by molar-refractivity contribution is 6.06. The van der Waals surface area contributed by atoms with E-state index in [1.807, 2.05) is 49.9 Å². The minimum atomic E-state index is -0.143. The third kappa shape index (κ3) is 3.65. The molecule has 1 aromatic carbocycles. The molecule has 1 aromatic heterocycles. The van der Waals surface area contributed by atoms with Gasteiger partial charge in [-0.2, -0.15) is 0 Å². The molecular formula is C20H24N2O3. The molecule has 0 N–H and O–H groups in total. The Bertz CT molecular complexity index is 808. The van der Waals surface area contributed by atoms with Crippen LogP contribution in [0.1, 0.15) is 41.4 Å². The predicted octanol–water partition coefficient (Wildman–Crippen LogP) is 3.27. The van der Waals surface area contributed by atoms with Crippen molar-refractivity contribution in [2.24, 2.45) is 5.92 Å². The van der Waals surface area contributed by atoms with Crippen molar-refractivity contribution in [3.8, 4) is 0 Å². The number of fused-ring (bicyclic) bond motifs is 1. The molecule has 0 atom stereocenters. The zero-order valence-corrected chi connectivity index (χ0v) is 15.0. The maximum atomic E-state index is 13.1. The van der Waals surface area contributed by atoms with Crippen molar-refractivity contribution in [1.82, 2.24) is 9.88 Å². The molecule has 1 amide bonds. The number of benzene rings is 1. The predicted molar refractivity (Wildman–Crippen MR) is 96.5 cm³/mol. The fraction of sp³-hybridized carbons (Fsp3) is 0.450. The number of hydrogen-bond acceptors (Lipinski definition) is 4. The Morgan fingerprint density at radius 2 is 1.92 bits per heavy atom. The Labute approximate surface area is 148 Å². The van der Waals surface area contributed by atoms with Gasteiger partial charge in [0.05, 0.1) is 23.6 Å². The van der Waals surface area contributed by atoms with Crippen molar-refractivity contribution in [3.05, 3.63) is 41.1 Å². The number of ether oxygens (including phenoxy) is 1. The third-order valence-electron chi connectivity index (χ3n) is 4.72. The molecule has 2 heterocycles. The summed E-state index contributed by atoms with van der Waals surface area (Å²) in [6.45, 7) is 7.30. The molecule has 1 aliphatic heterocycles. The molecule has 5 heteroatoms. The SMILES string of the molecule is CCOC(=O)C1CCN(C(=O)c2cc(C)nc3ccc(C)cc23)CC1. The van der Waals surface area contributed by atoms with Crippen molar-refractivity contribution in [2.75, 3.05) is 19.7 Å². The van der Waals surface area contributed by atoms with E-state index < -0.39 is 0 Å². The normalized spacial score (nSPS) is 15.4. The van der Waals surface area contributed by atoms with Crippen LogP contribution in [-0.2, 0) is 9.53 Å². The van der Waals surface area contributed by atoms with Gasteiger partial charge in [0.1, 0.15) is 0 Å². The number of hydrogen-bond donors (Lipinski definition) is 0. The average Bonchev–Trinajstić information content (AvgIpc) is 2.61. The van der Waals surface area contributed by atoms with Gasteiger partial charge in [0.15, 0.2) is 0 Å². The molecule has 3 rings (SSSR count). The zero-order chi connectivity index (χ0) is 18.0. The molecule has 0 saturated carbocycles. The topological polar surface area (TPSA) is 59.5 Å². The van der Waals surface area contributed by atoms with Crippen molar-refractivity contribution in [3.63, 3.8) is 0 Å². The Morgan fingerprint density at radius 3 is 2.60 bits per heavy atom. The quantitative estimate of drug-likeness (QED) is 0.805. The van der Waals surface area contributed by atoms with E-state index in [1.165, 1.54) is 0 Å². The summed E-state index contributed by atoms with van der Waals surface area (Å²) in [5.41, 5.74) is 3.48. The van der Waals surface area contributed by atoms with E-state index in [9.17, 15) is 9.59 Å². The monoisotopic (exact) mass is 340 g/mol. The molecule has 1 saturated heterocycles.